The second kappa shape index (κ2) is 11.0. The van der Waals surface area contributed by atoms with Crippen molar-refractivity contribution in [1.82, 2.24) is 20.4 Å². The number of aliphatic hydroxyl groups is 1. The number of halogens is 3. The Morgan fingerprint density at radius 2 is 1.89 bits per heavy atom. The molecule has 0 saturated carbocycles. The van der Waals surface area contributed by atoms with Crippen molar-refractivity contribution in [3.8, 4) is 5.75 Å². The maximum absolute atomic E-state index is 13.9. The van der Waals surface area contributed by atoms with Crippen LogP contribution in [-0.4, -0.2) is 106 Å². The largest absolute Gasteiger partial charge is 0.547 e. The van der Waals surface area contributed by atoms with E-state index in [0.717, 1.165) is 17.0 Å². The second-order valence-corrected chi connectivity index (χ2v) is 8.14. The molecule has 0 aliphatic carbocycles. The lowest BCUT2D eigenvalue weighted by atomic mass is 9.72. The Morgan fingerprint density at radius 3 is 2.49 bits per heavy atom. The van der Waals surface area contributed by atoms with E-state index >= 15 is 0 Å². The summed E-state index contributed by atoms with van der Waals surface area (Å²) in [5, 5.41) is 33.2. The van der Waals surface area contributed by atoms with Gasteiger partial charge in [0.15, 0.2) is 0 Å². The molecule has 13 nitrogen and oxygen atoms in total. The van der Waals surface area contributed by atoms with Crippen LogP contribution in [0.25, 0.3) is 0 Å². The number of carboxylic acid groups (broad SMARTS) is 1. The molecule has 37 heavy (non-hydrogen) atoms. The first-order chi connectivity index (χ1) is 17.4. The standard InChI is InChI=1S/C20H22BF3N4O9/c1-2-27-5-6-28(18(32)17(27)31)20(35)26-12(13(29)15(23)24)16(30)25-10-7-8-3-4-9(22)11(19(33)34)14(8)37-21(10)36/h3-4,10,12-13,15,29,36H,2,5-7H2,1H3,(H,25,30)(H,26,35)(H,33,34)/t10-,12+,13-/m0/s1. The molecule has 5 N–H and O–H groups in total. The quantitative estimate of drug-likeness (QED) is 0.204. The fourth-order valence-electron chi connectivity index (χ4n) is 3.86. The molecule has 1 aromatic rings. The molecule has 0 radical (unpaired) electrons. The molecule has 3 atom stereocenters. The predicted molar refractivity (Wildman–Crippen MR) is 116 cm³/mol. The SMILES string of the molecule is CCN1CCN(C(=O)N[C@@H](C(=O)N[C@H]2Cc3ccc(F)c(C(=O)O)c3OB2O)[C@H](O)C(F)F)C(=O)C1=O. The average molecular weight is 530 g/mol. The highest BCUT2D eigenvalue weighted by Gasteiger charge is 2.43. The van der Waals surface area contributed by atoms with E-state index in [2.05, 4.69) is 5.32 Å². The molecule has 2 aliphatic heterocycles. The summed E-state index contributed by atoms with van der Waals surface area (Å²) in [5.41, 5.74) is -0.802. The van der Waals surface area contributed by atoms with Crippen LogP contribution in [0.4, 0.5) is 18.0 Å². The van der Waals surface area contributed by atoms with Gasteiger partial charge in [0.25, 0.3) is 6.43 Å². The summed E-state index contributed by atoms with van der Waals surface area (Å²) in [4.78, 5) is 62.5. The molecule has 2 aliphatic rings. The van der Waals surface area contributed by atoms with Crippen LogP contribution in [0.5, 0.6) is 5.75 Å². The molecule has 2 heterocycles. The highest BCUT2D eigenvalue weighted by Crippen LogP contribution is 2.32. The number of nitrogens with zero attached hydrogens (tertiary/aromatic N) is 2. The average Bonchev–Trinajstić information content (AvgIpc) is 2.83. The highest BCUT2D eigenvalue weighted by atomic mass is 19.3. The van der Waals surface area contributed by atoms with Gasteiger partial charge in [0.2, 0.25) is 5.91 Å². The number of rotatable bonds is 7. The molecule has 1 aromatic carbocycles. The smallest absolute Gasteiger partial charge is 0.534 e. The minimum Gasteiger partial charge on any atom is -0.534 e. The van der Waals surface area contributed by atoms with Crippen LogP contribution in [0.1, 0.15) is 22.8 Å². The van der Waals surface area contributed by atoms with Gasteiger partial charge in [-0.2, -0.15) is 0 Å². The van der Waals surface area contributed by atoms with Gasteiger partial charge in [-0.25, -0.2) is 22.8 Å². The van der Waals surface area contributed by atoms with Crippen molar-refractivity contribution >= 4 is 36.8 Å². The highest BCUT2D eigenvalue weighted by molar-refractivity contribution is 6.47. The van der Waals surface area contributed by atoms with Crippen molar-refractivity contribution < 1.29 is 57.0 Å². The zero-order valence-corrected chi connectivity index (χ0v) is 19.2. The number of urea groups is 1. The van der Waals surface area contributed by atoms with Crippen LogP contribution in [0.15, 0.2) is 12.1 Å². The molecule has 0 unspecified atom stereocenters. The lowest BCUT2D eigenvalue weighted by molar-refractivity contribution is -0.153. The van der Waals surface area contributed by atoms with Crippen LogP contribution in [-0.2, 0) is 20.8 Å². The lowest BCUT2D eigenvalue weighted by Crippen LogP contribution is -2.64. The number of carbonyl (C=O) groups excluding carboxylic acids is 4. The Bertz CT molecular complexity index is 1120. The molecule has 1 fully saturated rings. The van der Waals surface area contributed by atoms with Crippen molar-refractivity contribution in [2.45, 2.75) is 37.9 Å². The number of carbonyl (C=O) groups is 5. The first kappa shape index (κ1) is 27.7. The van der Waals surface area contributed by atoms with Gasteiger partial charge >= 0.3 is 30.9 Å². The van der Waals surface area contributed by atoms with Gasteiger partial charge in [-0.05, 0) is 25.0 Å². The second-order valence-electron chi connectivity index (χ2n) is 8.14. The van der Waals surface area contributed by atoms with Gasteiger partial charge in [-0.15, -0.1) is 0 Å². The molecule has 5 amide bonds. The van der Waals surface area contributed by atoms with Gasteiger partial charge < -0.3 is 35.4 Å². The normalized spacial score (nSPS) is 19.2. The third-order valence-corrected chi connectivity index (χ3v) is 5.85. The number of amides is 5. The van der Waals surface area contributed by atoms with Crippen molar-refractivity contribution in [3.05, 3.63) is 29.1 Å². The number of aromatic carboxylic acids is 1. The van der Waals surface area contributed by atoms with E-state index in [1.807, 2.05) is 5.32 Å². The first-order valence-electron chi connectivity index (χ1n) is 10.9. The molecule has 0 spiro atoms. The van der Waals surface area contributed by atoms with Crippen molar-refractivity contribution in [2.75, 3.05) is 19.6 Å². The number of benzene rings is 1. The van der Waals surface area contributed by atoms with E-state index in [-0.39, 0.29) is 31.6 Å². The third kappa shape index (κ3) is 5.61. The number of fused-ring (bicyclic) bond motifs is 1. The Morgan fingerprint density at radius 1 is 1.22 bits per heavy atom. The van der Waals surface area contributed by atoms with E-state index in [0.29, 0.717) is 4.90 Å². The number of hydrogen-bond acceptors (Lipinski definition) is 8. The van der Waals surface area contributed by atoms with Crippen LogP contribution in [0.3, 0.4) is 0 Å². The fraction of sp³-hybridized carbons (Fsp3) is 0.450. The van der Waals surface area contributed by atoms with E-state index in [1.54, 1.807) is 6.92 Å². The number of aliphatic hydroxyl groups excluding tert-OH is 1. The fourth-order valence-corrected chi connectivity index (χ4v) is 3.86. The summed E-state index contributed by atoms with van der Waals surface area (Å²) in [6.07, 6.45) is -6.62. The minimum absolute atomic E-state index is 0.0350. The number of imide groups is 1. The maximum Gasteiger partial charge on any atom is 0.547 e. The van der Waals surface area contributed by atoms with Crippen LogP contribution < -0.4 is 15.3 Å². The Kier molecular flexibility index (Phi) is 8.27. The van der Waals surface area contributed by atoms with Crippen LogP contribution in [0, 0.1) is 5.82 Å². The van der Waals surface area contributed by atoms with Gasteiger partial charge in [0, 0.05) is 19.6 Å². The number of piperazine rings is 1. The van der Waals surface area contributed by atoms with Gasteiger partial charge in [-0.3, -0.25) is 19.3 Å². The zero-order chi connectivity index (χ0) is 27.6. The number of nitrogens with one attached hydrogen (secondary N) is 2. The Hall–Kier alpha value is -3.86. The zero-order valence-electron chi connectivity index (χ0n) is 19.2. The number of likely N-dealkylation sites (N-methyl/N-ethyl adjacent to an activating group) is 1. The predicted octanol–water partition coefficient (Wildman–Crippen LogP) is -1.64. The Labute approximate surface area is 207 Å². The van der Waals surface area contributed by atoms with E-state index in [4.69, 9.17) is 4.65 Å². The van der Waals surface area contributed by atoms with E-state index < -0.39 is 78.5 Å². The topological polar surface area (TPSA) is 186 Å². The molecule has 17 heteroatoms. The number of alkyl halides is 2. The van der Waals surface area contributed by atoms with Crippen LogP contribution >= 0.6 is 0 Å². The lowest BCUT2D eigenvalue weighted by Gasteiger charge is -2.34. The van der Waals surface area contributed by atoms with E-state index in [9.17, 15) is 52.4 Å². The molecular weight excluding hydrogens is 508 g/mol. The van der Waals surface area contributed by atoms with Gasteiger partial charge in [-0.1, -0.05) is 6.07 Å². The summed E-state index contributed by atoms with van der Waals surface area (Å²) in [7, 11) is -1.96. The molecule has 0 aromatic heterocycles. The summed E-state index contributed by atoms with van der Waals surface area (Å²) < 4.78 is 45.5. The summed E-state index contributed by atoms with van der Waals surface area (Å²) in [5.74, 6) is -8.40. The summed E-state index contributed by atoms with van der Waals surface area (Å²) in [6.45, 7) is 1.45. The van der Waals surface area contributed by atoms with Crippen LogP contribution in [0.2, 0.25) is 0 Å². The van der Waals surface area contributed by atoms with Gasteiger partial charge in [0.1, 0.15) is 29.3 Å². The monoisotopic (exact) mass is 530 g/mol. The van der Waals surface area contributed by atoms with Crippen molar-refractivity contribution in [3.63, 3.8) is 0 Å². The summed E-state index contributed by atoms with van der Waals surface area (Å²) >= 11 is 0. The minimum atomic E-state index is -3.53. The number of carboxylic acids is 1. The third-order valence-electron chi connectivity index (χ3n) is 5.85. The summed E-state index contributed by atoms with van der Waals surface area (Å²) in [6, 6.07) is -1.77. The van der Waals surface area contributed by atoms with Crippen molar-refractivity contribution in [1.29, 1.82) is 0 Å². The molecule has 3 rings (SSSR count). The molecule has 0 bridgehead atoms. The molecular formula is C20H22BF3N4O9. The first-order valence-corrected chi connectivity index (χ1v) is 10.9. The Balaban J connectivity index is 1.77. The number of hydrogen-bond donors (Lipinski definition) is 5. The van der Waals surface area contributed by atoms with Crippen molar-refractivity contribution in [2.24, 2.45) is 0 Å². The van der Waals surface area contributed by atoms with E-state index in [1.165, 1.54) is 0 Å². The molecule has 200 valence electrons. The molecule has 1 saturated heterocycles. The van der Waals surface area contributed by atoms with Gasteiger partial charge in [0.05, 0.1) is 5.94 Å². The maximum atomic E-state index is 13.9.